The van der Waals surface area contributed by atoms with Gasteiger partial charge in [-0.3, -0.25) is 0 Å². The van der Waals surface area contributed by atoms with Crippen LogP contribution >= 0.6 is 0 Å². The molecule has 0 spiro atoms. The van der Waals surface area contributed by atoms with Gasteiger partial charge in [0, 0.05) is 18.0 Å². The SMILES string of the molecule is NC1CCOc2ccc(F)c(F)c21. The Kier molecular flexibility index (Phi) is 1.92. The Morgan fingerprint density at radius 2 is 2.15 bits per heavy atom. The summed E-state index contributed by atoms with van der Waals surface area (Å²) in [6.45, 7) is 0.458. The first-order valence-corrected chi connectivity index (χ1v) is 4.06. The second-order valence-corrected chi connectivity index (χ2v) is 3.02. The Bertz CT molecular complexity index is 341. The van der Waals surface area contributed by atoms with Crippen molar-refractivity contribution in [3.63, 3.8) is 0 Å². The quantitative estimate of drug-likeness (QED) is 0.668. The van der Waals surface area contributed by atoms with Crippen LogP contribution in [0, 0.1) is 11.6 Å². The monoisotopic (exact) mass is 185 g/mol. The normalized spacial score (nSPS) is 20.7. The first-order chi connectivity index (χ1) is 6.20. The largest absolute Gasteiger partial charge is 0.493 e. The van der Waals surface area contributed by atoms with Gasteiger partial charge in [-0.2, -0.15) is 0 Å². The molecule has 2 nitrogen and oxygen atoms in total. The molecular formula is C9H9F2NO. The third kappa shape index (κ3) is 1.27. The lowest BCUT2D eigenvalue weighted by atomic mass is 10.0. The molecule has 1 atom stereocenters. The van der Waals surface area contributed by atoms with Gasteiger partial charge in [-0.25, -0.2) is 8.78 Å². The van der Waals surface area contributed by atoms with Gasteiger partial charge in [-0.1, -0.05) is 0 Å². The minimum Gasteiger partial charge on any atom is -0.493 e. The van der Waals surface area contributed by atoms with Crippen molar-refractivity contribution in [3.05, 3.63) is 29.3 Å². The standard InChI is InChI=1S/C9H9F2NO/c10-5-1-2-7-8(9(5)11)6(12)3-4-13-7/h1-2,6H,3-4,12H2. The molecule has 0 saturated carbocycles. The molecular weight excluding hydrogens is 176 g/mol. The van der Waals surface area contributed by atoms with Crippen LogP contribution in [0.5, 0.6) is 5.75 Å². The number of benzene rings is 1. The van der Waals surface area contributed by atoms with Crippen molar-refractivity contribution >= 4 is 0 Å². The van der Waals surface area contributed by atoms with E-state index >= 15 is 0 Å². The summed E-state index contributed by atoms with van der Waals surface area (Å²) in [6.07, 6.45) is 0.521. The van der Waals surface area contributed by atoms with E-state index < -0.39 is 17.7 Å². The van der Waals surface area contributed by atoms with E-state index in [9.17, 15) is 8.78 Å². The zero-order valence-electron chi connectivity index (χ0n) is 6.89. The molecule has 1 aromatic carbocycles. The highest BCUT2D eigenvalue weighted by molar-refractivity contribution is 5.39. The van der Waals surface area contributed by atoms with Crippen LogP contribution < -0.4 is 10.5 Å². The fraction of sp³-hybridized carbons (Fsp3) is 0.333. The molecule has 2 rings (SSSR count). The van der Waals surface area contributed by atoms with Crippen LogP contribution in [0.15, 0.2) is 12.1 Å². The fourth-order valence-electron chi connectivity index (χ4n) is 1.46. The van der Waals surface area contributed by atoms with Crippen LogP contribution in [0.1, 0.15) is 18.0 Å². The van der Waals surface area contributed by atoms with Crippen LogP contribution in [0.3, 0.4) is 0 Å². The van der Waals surface area contributed by atoms with Gasteiger partial charge < -0.3 is 10.5 Å². The minimum absolute atomic E-state index is 0.159. The minimum atomic E-state index is -0.885. The molecule has 2 N–H and O–H groups in total. The number of halogens is 2. The van der Waals surface area contributed by atoms with Gasteiger partial charge in [-0.05, 0) is 12.1 Å². The van der Waals surface area contributed by atoms with E-state index in [0.717, 1.165) is 6.07 Å². The Morgan fingerprint density at radius 3 is 2.92 bits per heavy atom. The molecule has 0 saturated heterocycles. The Labute approximate surface area is 74.3 Å². The van der Waals surface area contributed by atoms with Crippen LogP contribution in [0.4, 0.5) is 8.78 Å². The third-order valence-corrected chi connectivity index (χ3v) is 2.15. The van der Waals surface area contributed by atoms with Crippen molar-refractivity contribution in [1.29, 1.82) is 0 Å². The van der Waals surface area contributed by atoms with Crippen molar-refractivity contribution < 1.29 is 13.5 Å². The average Bonchev–Trinajstić information content (AvgIpc) is 2.12. The zero-order valence-corrected chi connectivity index (χ0v) is 6.89. The fourth-order valence-corrected chi connectivity index (χ4v) is 1.46. The van der Waals surface area contributed by atoms with Crippen molar-refractivity contribution in [1.82, 2.24) is 0 Å². The van der Waals surface area contributed by atoms with Gasteiger partial charge in [0.25, 0.3) is 0 Å². The van der Waals surface area contributed by atoms with Gasteiger partial charge in [0.1, 0.15) is 5.75 Å². The summed E-state index contributed by atoms with van der Waals surface area (Å²) >= 11 is 0. The van der Waals surface area contributed by atoms with Gasteiger partial charge in [-0.15, -0.1) is 0 Å². The van der Waals surface area contributed by atoms with Crippen LogP contribution in [0.25, 0.3) is 0 Å². The summed E-state index contributed by atoms with van der Waals surface area (Å²) in [7, 11) is 0. The number of hydrogen-bond donors (Lipinski definition) is 1. The number of ether oxygens (including phenoxy) is 1. The molecule has 1 aliphatic rings. The van der Waals surface area contributed by atoms with Gasteiger partial charge >= 0.3 is 0 Å². The summed E-state index contributed by atoms with van der Waals surface area (Å²) in [5.41, 5.74) is 5.79. The molecule has 1 heterocycles. The number of nitrogens with two attached hydrogens (primary N) is 1. The van der Waals surface area contributed by atoms with Crippen molar-refractivity contribution in [2.24, 2.45) is 5.73 Å². The molecule has 0 radical (unpaired) electrons. The number of fused-ring (bicyclic) bond motifs is 1. The summed E-state index contributed by atoms with van der Waals surface area (Å²) in [6, 6.07) is 2.00. The summed E-state index contributed by atoms with van der Waals surface area (Å²) < 4.78 is 31.1. The van der Waals surface area contributed by atoms with E-state index in [0.29, 0.717) is 18.8 Å². The molecule has 0 bridgehead atoms. The molecule has 0 amide bonds. The highest BCUT2D eigenvalue weighted by atomic mass is 19.2. The van der Waals surface area contributed by atoms with Gasteiger partial charge in [0.2, 0.25) is 0 Å². The van der Waals surface area contributed by atoms with E-state index in [1.165, 1.54) is 6.07 Å². The Morgan fingerprint density at radius 1 is 1.38 bits per heavy atom. The first-order valence-electron chi connectivity index (χ1n) is 4.06. The van der Waals surface area contributed by atoms with Crippen molar-refractivity contribution in [3.8, 4) is 5.75 Å². The van der Waals surface area contributed by atoms with Crippen molar-refractivity contribution in [2.45, 2.75) is 12.5 Å². The molecule has 70 valence electrons. The molecule has 0 aromatic heterocycles. The molecule has 0 aliphatic carbocycles. The predicted molar refractivity (Wildman–Crippen MR) is 43.4 cm³/mol. The van der Waals surface area contributed by atoms with Gasteiger partial charge in [0.05, 0.1) is 6.61 Å². The first kappa shape index (κ1) is 8.44. The van der Waals surface area contributed by atoms with Gasteiger partial charge in [0.15, 0.2) is 11.6 Å². The lowest BCUT2D eigenvalue weighted by Crippen LogP contribution is -2.22. The highest BCUT2D eigenvalue weighted by Crippen LogP contribution is 2.33. The summed E-state index contributed by atoms with van der Waals surface area (Å²) in [5, 5.41) is 0. The molecule has 1 aromatic rings. The lowest BCUT2D eigenvalue weighted by molar-refractivity contribution is 0.261. The molecule has 1 unspecified atom stereocenters. The van der Waals surface area contributed by atoms with E-state index in [2.05, 4.69) is 0 Å². The van der Waals surface area contributed by atoms with Crippen molar-refractivity contribution in [2.75, 3.05) is 6.61 Å². The van der Waals surface area contributed by atoms with E-state index in [1.54, 1.807) is 0 Å². The van der Waals surface area contributed by atoms with Crippen LogP contribution in [-0.4, -0.2) is 6.61 Å². The van der Waals surface area contributed by atoms with Crippen LogP contribution in [-0.2, 0) is 0 Å². The Balaban J connectivity index is 2.58. The third-order valence-electron chi connectivity index (χ3n) is 2.15. The number of rotatable bonds is 0. The van der Waals surface area contributed by atoms with Crippen LogP contribution in [0.2, 0.25) is 0 Å². The predicted octanol–water partition coefficient (Wildman–Crippen LogP) is 1.75. The summed E-state index contributed by atoms with van der Waals surface area (Å²) in [5.74, 6) is -1.40. The Hall–Kier alpha value is -1.16. The topological polar surface area (TPSA) is 35.2 Å². The van der Waals surface area contributed by atoms with E-state index in [-0.39, 0.29) is 5.56 Å². The smallest absolute Gasteiger partial charge is 0.167 e. The second kappa shape index (κ2) is 2.96. The molecule has 4 heteroatoms. The average molecular weight is 185 g/mol. The maximum Gasteiger partial charge on any atom is 0.167 e. The van der Waals surface area contributed by atoms with E-state index in [4.69, 9.17) is 10.5 Å². The highest BCUT2D eigenvalue weighted by Gasteiger charge is 2.24. The summed E-state index contributed by atoms with van der Waals surface area (Å²) in [4.78, 5) is 0. The molecule has 0 fully saturated rings. The molecule has 1 aliphatic heterocycles. The number of hydrogen-bond acceptors (Lipinski definition) is 2. The zero-order chi connectivity index (χ0) is 9.42. The second-order valence-electron chi connectivity index (χ2n) is 3.02. The lowest BCUT2D eigenvalue weighted by Gasteiger charge is -2.23. The molecule has 13 heavy (non-hydrogen) atoms. The van der Waals surface area contributed by atoms with E-state index in [1.807, 2.05) is 0 Å². The maximum absolute atomic E-state index is 13.2. The maximum atomic E-state index is 13.2.